The van der Waals surface area contributed by atoms with Gasteiger partial charge in [-0.05, 0) is 35.9 Å². The molecule has 0 aliphatic rings. The number of carboxylic acid groups (broad SMARTS) is 1. The summed E-state index contributed by atoms with van der Waals surface area (Å²) in [5, 5.41) is 30.1. The summed E-state index contributed by atoms with van der Waals surface area (Å²) in [6.45, 7) is 0. The summed E-state index contributed by atoms with van der Waals surface area (Å²) < 4.78 is 0. The van der Waals surface area contributed by atoms with Gasteiger partial charge in [0, 0.05) is 0 Å². The van der Waals surface area contributed by atoms with Crippen LogP contribution in [0, 0.1) is 0 Å². The minimum absolute atomic E-state index is 0.0657. The average molecular weight is 287 g/mol. The van der Waals surface area contributed by atoms with E-state index in [1.807, 2.05) is 0 Å². The topological polar surface area (TPSA) is 107 Å². The van der Waals surface area contributed by atoms with Crippen LogP contribution in [-0.2, 0) is 11.2 Å². The van der Waals surface area contributed by atoms with Gasteiger partial charge < -0.3 is 20.6 Å². The first-order chi connectivity index (χ1) is 9.95. The summed E-state index contributed by atoms with van der Waals surface area (Å²) in [6, 6.07) is 9.86. The highest BCUT2D eigenvalue weighted by Crippen LogP contribution is 2.24. The first kappa shape index (κ1) is 14.4. The van der Waals surface area contributed by atoms with Crippen LogP contribution < -0.4 is 5.32 Å². The zero-order valence-electron chi connectivity index (χ0n) is 10.9. The third-order valence-corrected chi connectivity index (χ3v) is 2.82. The van der Waals surface area contributed by atoms with Crippen LogP contribution in [0.25, 0.3) is 0 Å². The number of anilines is 1. The first-order valence-corrected chi connectivity index (χ1v) is 6.10. The number of carbonyl (C=O) groups is 2. The summed E-state index contributed by atoms with van der Waals surface area (Å²) in [4.78, 5) is 22.6. The minimum Gasteiger partial charge on any atom is -0.508 e. The molecule has 6 nitrogen and oxygen atoms in total. The number of carboxylic acids is 1. The smallest absolute Gasteiger partial charge is 0.335 e. The second-order valence-electron chi connectivity index (χ2n) is 4.43. The van der Waals surface area contributed by atoms with Gasteiger partial charge in [0.25, 0.3) is 0 Å². The van der Waals surface area contributed by atoms with Gasteiger partial charge in [-0.1, -0.05) is 12.1 Å². The number of hydrogen-bond acceptors (Lipinski definition) is 4. The monoisotopic (exact) mass is 287 g/mol. The molecular formula is C15H13NO5. The molecule has 0 bridgehead atoms. The molecule has 21 heavy (non-hydrogen) atoms. The molecule has 0 aromatic heterocycles. The Morgan fingerprint density at radius 2 is 1.67 bits per heavy atom. The van der Waals surface area contributed by atoms with Crippen LogP contribution in [0.3, 0.4) is 0 Å². The number of carbonyl (C=O) groups excluding carboxylic acids is 1. The zero-order chi connectivity index (χ0) is 15.4. The summed E-state index contributed by atoms with van der Waals surface area (Å²) in [5.41, 5.74) is 0.778. The Morgan fingerprint density at radius 3 is 2.24 bits per heavy atom. The van der Waals surface area contributed by atoms with E-state index >= 15 is 0 Å². The molecular weight excluding hydrogens is 274 g/mol. The van der Waals surface area contributed by atoms with Crippen molar-refractivity contribution in [3.05, 3.63) is 53.6 Å². The highest BCUT2D eigenvalue weighted by Gasteiger charge is 2.10. The van der Waals surface area contributed by atoms with Crippen molar-refractivity contribution in [3.63, 3.8) is 0 Å². The molecule has 2 rings (SSSR count). The Morgan fingerprint density at radius 1 is 1.00 bits per heavy atom. The number of amides is 1. The fourth-order valence-electron chi connectivity index (χ4n) is 1.76. The van der Waals surface area contributed by atoms with Gasteiger partial charge in [-0.25, -0.2) is 4.79 Å². The summed E-state index contributed by atoms with van der Waals surface area (Å²) in [6.07, 6.45) is 0.0698. The van der Waals surface area contributed by atoms with Crippen molar-refractivity contribution < 1.29 is 24.9 Å². The molecule has 0 aliphatic heterocycles. The fraction of sp³-hybridized carbons (Fsp3) is 0.0667. The van der Waals surface area contributed by atoms with Gasteiger partial charge in [0.1, 0.15) is 11.5 Å². The van der Waals surface area contributed by atoms with E-state index in [1.54, 1.807) is 12.1 Å². The highest BCUT2D eigenvalue weighted by molar-refractivity contribution is 5.95. The second kappa shape index (κ2) is 5.96. The molecule has 0 aliphatic carbocycles. The molecule has 0 spiro atoms. The molecule has 0 unspecified atom stereocenters. The molecule has 4 N–H and O–H groups in total. The van der Waals surface area contributed by atoms with Crippen LogP contribution in [0.2, 0.25) is 0 Å². The van der Waals surface area contributed by atoms with Crippen LogP contribution >= 0.6 is 0 Å². The summed E-state index contributed by atoms with van der Waals surface area (Å²) >= 11 is 0. The van der Waals surface area contributed by atoms with Crippen molar-refractivity contribution in [2.75, 3.05) is 5.32 Å². The normalized spacial score (nSPS) is 10.1. The van der Waals surface area contributed by atoms with Crippen LogP contribution in [0.1, 0.15) is 15.9 Å². The average Bonchev–Trinajstić information content (AvgIpc) is 2.43. The Hall–Kier alpha value is -3.02. The van der Waals surface area contributed by atoms with Gasteiger partial charge in [0.15, 0.2) is 0 Å². The van der Waals surface area contributed by atoms with E-state index in [0.29, 0.717) is 5.56 Å². The molecule has 2 aromatic rings. The Bertz CT molecular complexity index is 679. The predicted octanol–water partition coefficient (Wildman–Crippen LogP) is 1.98. The van der Waals surface area contributed by atoms with E-state index in [9.17, 15) is 14.7 Å². The Balaban J connectivity index is 2.06. The number of phenolic OH excluding ortho intramolecular Hbond substituents is 2. The van der Waals surface area contributed by atoms with Crippen molar-refractivity contribution in [1.82, 2.24) is 0 Å². The summed E-state index contributed by atoms with van der Waals surface area (Å²) in [7, 11) is 0. The maximum atomic E-state index is 11.8. The molecule has 0 atom stereocenters. The van der Waals surface area contributed by atoms with Gasteiger partial charge >= 0.3 is 5.97 Å². The standard InChI is InChI=1S/C15H13NO5/c17-11-4-1-9(2-5-11)7-14(19)16-12-6-3-10(15(20)21)8-13(12)18/h1-6,8,17-18H,7H2,(H,16,19)(H,20,21). The number of hydrogen-bond donors (Lipinski definition) is 4. The largest absolute Gasteiger partial charge is 0.508 e. The number of aromatic hydroxyl groups is 2. The highest BCUT2D eigenvalue weighted by atomic mass is 16.4. The number of benzene rings is 2. The molecule has 6 heteroatoms. The van der Waals surface area contributed by atoms with E-state index in [4.69, 9.17) is 10.2 Å². The first-order valence-electron chi connectivity index (χ1n) is 6.10. The van der Waals surface area contributed by atoms with E-state index in [1.165, 1.54) is 24.3 Å². The van der Waals surface area contributed by atoms with Crippen LogP contribution in [0.4, 0.5) is 5.69 Å². The molecule has 2 aromatic carbocycles. The third kappa shape index (κ3) is 3.73. The summed E-state index contributed by atoms with van der Waals surface area (Å²) in [5.74, 6) is -1.72. The Labute approximate surface area is 120 Å². The quantitative estimate of drug-likeness (QED) is 0.643. The molecule has 0 saturated heterocycles. The molecule has 0 fully saturated rings. The molecule has 0 saturated carbocycles. The fourth-order valence-corrected chi connectivity index (χ4v) is 1.76. The number of phenols is 2. The van der Waals surface area contributed by atoms with E-state index in [-0.39, 0.29) is 35.1 Å². The van der Waals surface area contributed by atoms with Gasteiger partial charge in [0.2, 0.25) is 5.91 Å². The van der Waals surface area contributed by atoms with Gasteiger partial charge in [0.05, 0.1) is 17.7 Å². The van der Waals surface area contributed by atoms with E-state index in [2.05, 4.69) is 5.32 Å². The number of aromatic carboxylic acids is 1. The molecule has 0 heterocycles. The van der Waals surface area contributed by atoms with Crippen LogP contribution in [0.5, 0.6) is 11.5 Å². The lowest BCUT2D eigenvalue weighted by atomic mass is 10.1. The zero-order valence-corrected chi connectivity index (χ0v) is 10.9. The van der Waals surface area contributed by atoms with Crippen molar-refractivity contribution in [3.8, 4) is 11.5 Å². The van der Waals surface area contributed by atoms with Crippen molar-refractivity contribution >= 4 is 17.6 Å². The van der Waals surface area contributed by atoms with Crippen molar-refractivity contribution in [2.24, 2.45) is 0 Å². The van der Waals surface area contributed by atoms with Gasteiger partial charge in [-0.15, -0.1) is 0 Å². The van der Waals surface area contributed by atoms with Crippen LogP contribution in [-0.4, -0.2) is 27.2 Å². The Kier molecular flexibility index (Phi) is 4.08. The lowest BCUT2D eigenvalue weighted by Gasteiger charge is -2.08. The third-order valence-electron chi connectivity index (χ3n) is 2.82. The van der Waals surface area contributed by atoms with Gasteiger partial charge in [-0.2, -0.15) is 0 Å². The molecule has 108 valence electrons. The van der Waals surface area contributed by atoms with Gasteiger partial charge in [-0.3, -0.25) is 4.79 Å². The minimum atomic E-state index is -1.16. The van der Waals surface area contributed by atoms with Crippen molar-refractivity contribution in [1.29, 1.82) is 0 Å². The second-order valence-corrected chi connectivity index (χ2v) is 4.43. The SMILES string of the molecule is O=C(Cc1ccc(O)cc1)Nc1ccc(C(=O)O)cc1O. The predicted molar refractivity (Wildman–Crippen MR) is 75.5 cm³/mol. The number of nitrogens with one attached hydrogen (secondary N) is 1. The maximum absolute atomic E-state index is 11.8. The van der Waals surface area contributed by atoms with Crippen LogP contribution in [0.15, 0.2) is 42.5 Å². The van der Waals surface area contributed by atoms with E-state index < -0.39 is 5.97 Å². The maximum Gasteiger partial charge on any atom is 0.335 e. The molecule has 1 amide bonds. The van der Waals surface area contributed by atoms with Crippen molar-refractivity contribution in [2.45, 2.75) is 6.42 Å². The molecule has 0 radical (unpaired) electrons. The lowest BCUT2D eigenvalue weighted by molar-refractivity contribution is -0.115. The lowest BCUT2D eigenvalue weighted by Crippen LogP contribution is -2.14. The van der Waals surface area contributed by atoms with E-state index in [0.717, 1.165) is 6.07 Å². The number of rotatable bonds is 4.